The molecule has 6 nitrogen and oxygen atoms in total. The van der Waals surface area contributed by atoms with Gasteiger partial charge in [0.2, 0.25) is 0 Å². The SMILES string of the molecule is CC/C=C\C/C=C\C/C=C\CCCCCC(=O)OC(COC(=O)CCCCCCC/C=C\CCCCCC)COC(=O)CCCCCCCCCCCCCC/C=C\C/C=C\C/C=C\CCCCCCC. The molecule has 0 aromatic carbocycles. The average molecular weight is 990 g/mol. The summed E-state index contributed by atoms with van der Waals surface area (Å²) in [7, 11) is 0. The molecular formula is C65H112O6. The summed E-state index contributed by atoms with van der Waals surface area (Å²) in [5.41, 5.74) is 0. The van der Waals surface area contributed by atoms with Gasteiger partial charge in [-0.05, 0) is 116 Å². The van der Waals surface area contributed by atoms with Gasteiger partial charge in [0.05, 0.1) is 0 Å². The van der Waals surface area contributed by atoms with Gasteiger partial charge in [0.15, 0.2) is 6.10 Å². The number of allylic oxidation sites excluding steroid dienone is 14. The number of ether oxygens (including phenoxy) is 3. The first-order valence-electron chi connectivity index (χ1n) is 30.1. The fraction of sp³-hybridized carbons (Fsp3) is 0.738. The summed E-state index contributed by atoms with van der Waals surface area (Å²) in [6, 6.07) is 0. The van der Waals surface area contributed by atoms with Crippen LogP contribution in [0, 0.1) is 0 Å². The third-order valence-electron chi connectivity index (χ3n) is 12.9. The molecule has 0 spiro atoms. The van der Waals surface area contributed by atoms with Crippen LogP contribution >= 0.6 is 0 Å². The molecule has 1 unspecified atom stereocenters. The largest absolute Gasteiger partial charge is 0.462 e. The van der Waals surface area contributed by atoms with Gasteiger partial charge in [-0.2, -0.15) is 0 Å². The molecule has 6 heteroatoms. The van der Waals surface area contributed by atoms with Crippen LogP contribution in [0.5, 0.6) is 0 Å². The van der Waals surface area contributed by atoms with Crippen LogP contribution in [0.15, 0.2) is 85.1 Å². The number of hydrogen-bond acceptors (Lipinski definition) is 6. The lowest BCUT2D eigenvalue weighted by atomic mass is 10.0. The standard InChI is InChI=1S/C65H112O6/c1-4-7-10-13-16-19-22-25-26-27-28-29-30-31-32-33-34-35-36-37-38-41-43-46-49-52-55-58-64(67)70-61-62(71-65(68)59-56-53-50-47-44-40-24-21-18-15-12-9-6-3)60-69-63(66)57-54-51-48-45-42-39-23-20-17-14-11-8-5-2/h9,12,18,20-23,25,27-28,30-31,40,44,62H,4-8,10-11,13-17,19,24,26,29,32-39,41-43,45-61H2,1-3H3/b12-9-,21-18-,23-20-,25-22-,28-27-,31-30-,44-40-. The quantitative estimate of drug-likeness (QED) is 0.0261. The Bertz CT molecular complexity index is 1370. The van der Waals surface area contributed by atoms with E-state index in [-0.39, 0.29) is 31.1 Å². The van der Waals surface area contributed by atoms with Crippen molar-refractivity contribution in [3.63, 3.8) is 0 Å². The molecule has 0 fully saturated rings. The van der Waals surface area contributed by atoms with Gasteiger partial charge in [0.1, 0.15) is 13.2 Å². The Kier molecular flexibility index (Phi) is 56.3. The summed E-state index contributed by atoms with van der Waals surface area (Å²) in [5.74, 6) is -0.926. The van der Waals surface area contributed by atoms with Crippen molar-refractivity contribution in [1.29, 1.82) is 0 Å². The van der Waals surface area contributed by atoms with Crippen molar-refractivity contribution in [2.24, 2.45) is 0 Å². The van der Waals surface area contributed by atoms with E-state index in [0.717, 1.165) is 103 Å². The second-order valence-corrected chi connectivity index (χ2v) is 19.9. The van der Waals surface area contributed by atoms with E-state index < -0.39 is 6.10 Å². The molecule has 0 N–H and O–H groups in total. The highest BCUT2D eigenvalue weighted by Gasteiger charge is 2.19. The summed E-state index contributed by atoms with van der Waals surface area (Å²) >= 11 is 0. The molecule has 0 aliphatic carbocycles. The van der Waals surface area contributed by atoms with Crippen molar-refractivity contribution in [3.8, 4) is 0 Å². The van der Waals surface area contributed by atoms with Crippen molar-refractivity contribution in [2.45, 2.75) is 297 Å². The van der Waals surface area contributed by atoms with Crippen LogP contribution in [0.2, 0.25) is 0 Å². The summed E-state index contributed by atoms with van der Waals surface area (Å²) in [5, 5.41) is 0. The molecule has 0 aromatic rings. The smallest absolute Gasteiger partial charge is 0.306 e. The molecule has 0 aliphatic heterocycles. The van der Waals surface area contributed by atoms with Crippen LogP contribution in [0.4, 0.5) is 0 Å². The third kappa shape index (κ3) is 57.4. The number of carbonyl (C=O) groups excluding carboxylic acids is 3. The molecule has 0 aliphatic rings. The maximum Gasteiger partial charge on any atom is 0.306 e. The molecule has 71 heavy (non-hydrogen) atoms. The number of esters is 3. The average Bonchev–Trinajstić information content (AvgIpc) is 3.37. The molecule has 0 amide bonds. The fourth-order valence-electron chi connectivity index (χ4n) is 8.34. The first-order chi connectivity index (χ1) is 35.0. The lowest BCUT2D eigenvalue weighted by Crippen LogP contribution is -2.30. The van der Waals surface area contributed by atoms with Crippen LogP contribution in [-0.2, 0) is 28.6 Å². The Hall–Kier alpha value is -3.41. The van der Waals surface area contributed by atoms with Crippen LogP contribution < -0.4 is 0 Å². The maximum absolute atomic E-state index is 12.8. The van der Waals surface area contributed by atoms with Crippen molar-refractivity contribution in [2.75, 3.05) is 13.2 Å². The van der Waals surface area contributed by atoms with Crippen LogP contribution in [0.3, 0.4) is 0 Å². The minimum atomic E-state index is -0.796. The zero-order chi connectivity index (χ0) is 51.4. The van der Waals surface area contributed by atoms with Gasteiger partial charge < -0.3 is 14.2 Å². The Balaban J connectivity index is 4.26. The minimum absolute atomic E-state index is 0.0914. The molecule has 0 heterocycles. The molecule has 0 bridgehead atoms. The van der Waals surface area contributed by atoms with Crippen molar-refractivity contribution in [3.05, 3.63) is 85.1 Å². The van der Waals surface area contributed by atoms with Gasteiger partial charge in [-0.3, -0.25) is 14.4 Å². The fourth-order valence-corrected chi connectivity index (χ4v) is 8.34. The Morgan fingerprint density at radius 3 is 0.901 bits per heavy atom. The molecule has 0 aromatic heterocycles. The predicted molar refractivity (Wildman–Crippen MR) is 307 cm³/mol. The molecule has 0 rings (SSSR count). The monoisotopic (exact) mass is 989 g/mol. The highest BCUT2D eigenvalue weighted by atomic mass is 16.6. The summed E-state index contributed by atoms with van der Waals surface area (Å²) in [6.07, 6.45) is 77.3. The van der Waals surface area contributed by atoms with Crippen LogP contribution in [-0.4, -0.2) is 37.2 Å². The van der Waals surface area contributed by atoms with Gasteiger partial charge in [0, 0.05) is 19.3 Å². The summed E-state index contributed by atoms with van der Waals surface area (Å²) in [6.45, 7) is 6.48. The predicted octanol–water partition coefficient (Wildman–Crippen LogP) is 20.3. The zero-order valence-corrected chi connectivity index (χ0v) is 46.7. The number of carbonyl (C=O) groups is 3. The van der Waals surface area contributed by atoms with E-state index in [2.05, 4.69) is 106 Å². The van der Waals surface area contributed by atoms with E-state index in [0.29, 0.717) is 19.3 Å². The highest BCUT2D eigenvalue weighted by molar-refractivity contribution is 5.71. The highest BCUT2D eigenvalue weighted by Crippen LogP contribution is 2.15. The second-order valence-electron chi connectivity index (χ2n) is 19.9. The summed E-state index contributed by atoms with van der Waals surface area (Å²) in [4.78, 5) is 38.1. The zero-order valence-electron chi connectivity index (χ0n) is 46.7. The third-order valence-corrected chi connectivity index (χ3v) is 12.9. The van der Waals surface area contributed by atoms with E-state index in [1.54, 1.807) is 0 Å². The Morgan fingerprint density at radius 2 is 0.549 bits per heavy atom. The van der Waals surface area contributed by atoms with Gasteiger partial charge in [0.25, 0.3) is 0 Å². The molecule has 408 valence electrons. The van der Waals surface area contributed by atoms with Crippen molar-refractivity contribution < 1.29 is 28.6 Å². The van der Waals surface area contributed by atoms with Crippen LogP contribution in [0.1, 0.15) is 290 Å². The topological polar surface area (TPSA) is 78.9 Å². The van der Waals surface area contributed by atoms with Crippen LogP contribution in [0.25, 0.3) is 0 Å². The molecule has 0 saturated carbocycles. The first-order valence-corrected chi connectivity index (χ1v) is 30.1. The number of rotatable bonds is 54. The van der Waals surface area contributed by atoms with Crippen molar-refractivity contribution >= 4 is 17.9 Å². The maximum atomic E-state index is 12.8. The van der Waals surface area contributed by atoms with E-state index in [1.165, 1.54) is 148 Å². The lowest BCUT2D eigenvalue weighted by Gasteiger charge is -2.18. The normalized spacial score (nSPS) is 12.7. The van der Waals surface area contributed by atoms with Gasteiger partial charge in [-0.15, -0.1) is 0 Å². The van der Waals surface area contributed by atoms with Gasteiger partial charge in [-0.1, -0.05) is 241 Å². The number of hydrogen-bond donors (Lipinski definition) is 0. The van der Waals surface area contributed by atoms with Crippen molar-refractivity contribution in [1.82, 2.24) is 0 Å². The lowest BCUT2D eigenvalue weighted by molar-refractivity contribution is -0.167. The Morgan fingerprint density at radius 1 is 0.296 bits per heavy atom. The van der Waals surface area contributed by atoms with E-state index in [4.69, 9.17) is 14.2 Å². The van der Waals surface area contributed by atoms with E-state index in [1.807, 2.05) is 0 Å². The molecule has 1 atom stereocenters. The van der Waals surface area contributed by atoms with E-state index in [9.17, 15) is 14.4 Å². The molecule has 0 radical (unpaired) electrons. The number of unbranched alkanes of at least 4 members (excludes halogenated alkanes) is 29. The Labute approximate surface area is 439 Å². The second kappa shape index (κ2) is 59.2. The minimum Gasteiger partial charge on any atom is -0.462 e. The van der Waals surface area contributed by atoms with Gasteiger partial charge in [-0.25, -0.2) is 0 Å². The van der Waals surface area contributed by atoms with E-state index >= 15 is 0 Å². The molecule has 0 saturated heterocycles. The van der Waals surface area contributed by atoms with Gasteiger partial charge >= 0.3 is 17.9 Å². The molecular weight excluding hydrogens is 877 g/mol. The summed E-state index contributed by atoms with van der Waals surface area (Å²) < 4.78 is 16.8. The first kappa shape index (κ1) is 67.6.